The molecule has 0 spiro atoms. The Kier molecular flexibility index (Phi) is 3.63. The van der Waals surface area contributed by atoms with Crippen LogP contribution >= 0.6 is 27.5 Å². The molecule has 5 heteroatoms. The molecule has 0 aliphatic rings. The van der Waals surface area contributed by atoms with Crippen LogP contribution in [0.2, 0.25) is 5.02 Å². The molecule has 3 nitrogen and oxygen atoms in total. The number of rotatable bonds is 3. The fraction of sp³-hybridized carbons (Fsp3) is 0.182. The zero-order valence-corrected chi connectivity index (χ0v) is 10.9. The van der Waals surface area contributed by atoms with Crippen molar-refractivity contribution in [2.75, 3.05) is 6.54 Å². The van der Waals surface area contributed by atoms with E-state index >= 15 is 0 Å². The van der Waals surface area contributed by atoms with Crippen LogP contribution in [0.5, 0.6) is 0 Å². The van der Waals surface area contributed by atoms with Gasteiger partial charge in [-0.15, -0.1) is 0 Å². The van der Waals surface area contributed by atoms with Crippen molar-refractivity contribution in [2.45, 2.75) is 6.42 Å². The lowest BCUT2D eigenvalue weighted by Crippen LogP contribution is -2.04. The summed E-state index contributed by atoms with van der Waals surface area (Å²) in [5, 5.41) is 5.14. The van der Waals surface area contributed by atoms with Gasteiger partial charge in [0.15, 0.2) is 0 Å². The summed E-state index contributed by atoms with van der Waals surface area (Å²) in [6, 6.07) is 7.56. The van der Waals surface area contributed by atoms with E-state index < -0.39 is 0 Å². The number of aromatic nitrogens is 2. The summed E-state index contributed by atoms with van der Waals surface area (Å²) in [5.41, 5.74) is 7.41. The van der Waals surface area contributed by atoms with Gasteiger partial charge in [-0.05, 0) is 40.7 Å². The van der Waals surface area contributed by atoms with Crippen molar-refractivity contribution in [3.8, 4) is 5.69 Å². The Hall–Kier alpha value is -0.840. The molecule has 0 saturated carbocycles. The maximum Gasteiger partial charge on any atom is 0.0783 e. The minimum Gasteiger partial charge on any atom is -0.330 e. The SMILES string of the molecule is NCCc1nn(-c2cccc(Cl)c2)cc1Br. The van der Waals surface area contributed by atoms with Crippen LogP contribution in [0, 0.1) is 0 Å². The molecule has 1 aromatic carbocycles. The molecule has 1 aromatic heterocycles. The average molecular weight is 301 g/mol. The van der Waals surface area contributed by atoms with E-state index in [1.54, 1.807) is 4.68 Å². The van der Waals surface area contributed by atoms with Gasteiger partial charge < -0.3 is 5.73 Å². The summed E-state index contributed by atoms with van der Waals surface area (Å²) >= 11 is 9.39. The van der Waals surface area contributed by atoms with Gasteiger partial charge in [-0.1, -0.05) is 17.7 Å². The summed E-state index contributed by atoms with van der Waals surface area (Å²) < 4.78 is 2.76. The van der Waals surface area contributed by atoms with Crippen molar-refractivity contribution in [1.82, 2.24) is 9.78 Å². The summed E-state index contributed by atoms with van der Waals surface area (Å²) in [5.74, 6) is 0. The largest absolute Gasteiger partial charge is 0.330 e. The van der Waals surface area contributed by atoms with Gasteiger partial charge in [0.25, 0.3) is 0 Å². The fourth-order valence-corrected chi connectivity index (χ4v) is 2.10. The lowest BCUT2D eigenvalue weighted by atomic mass is 10.3. The van der Waals surface area contributed by atoms with Crippen LogP contribution in [0.15, 0.2) is 34.9 Å². The smallest absolute Gasteiger partial charge is 0.0783 e. The van der Waals surface area contributed by atoms with Gasteiger partial charge in [-0.2, -0.15) is 5.10 Å². The predicted molar refractivity (Wildman–Crippen MR) is 69.0 cm³/mol. The second kappa shape index (κ2) is 4.99. The molecule has 84 valence electrons. The molecule has 0 aliphatic carbocycles. The molecule has 0 amide bonds. The first kappa shape index (κ1) is 11.6. The van der Waals surface area contributed by atoms with E-state index in [0.717, 1.165) is 22.3 Å². The van der Waals surface area contributed by atoms with E-state index in [2.05, 4.69) is 21.0 Å². The molecule has 0 aliphatic heterocycles. The highest BCUT2D eigenvalue weighted by molar-refractivity contribution is 9.10. The van der Waals surface area contributed by atoms with Crippen LogP contribution in [0.4, 0.5) is 0 Å². The highest BCUT2D eigenvalue weighted by atomic mass is 79.9. The molecular formula is C11H11BrClN3. The van der Waals surface area contributed by atoms with Gasteiger partial charge in [0.2, 0.25) is 0 Å². The molecule has 0 atom stereocenters. The third kappa shape index (κ3) is 2.45. The molecule has 0 fully saturated rings. The molecular weight excluding hydrogens is 289 g/mol. The summed E-state index contributed by atoms with van der Waals surface area (Å²) in [7, 11) is 0. The predicted octanol–water partition coefficient (Wildman–Crippen LogP) is 2.79. The minimum absolute atomic E-state index is 0.588. The summed E-state index contributed by atoms with van der Waals surface area (Å²) in [6.45, 7) is 0.588. The maximum absolute atomic E-state index is 5.93. The number of benzene rings is 1. The molecule has 0 unspecified atom stereocenters. The first-order valence-electron chi connectivity index (χ1n) is 4.91. The van der Waals surface area contributed by atoms with Gasteiger partial charge in [0, 0.05) is 17.6 Å². The molecule has 0 saturated heterocycles. The first-order chi connectivity index (χ1) is 7.70. The molecule has 16 heavy (non-hydrogen) atoms. The Bertz CT molecular complexity index is 496. The quantitative estimate of drug-likeness (QED) is 0.947. The third-order valence-electron chi connectivity index (χ3n) is 2.19. The Balaban J connectivity index is 2.37. The normalized spacial score (nSPS) is 10.7. The third-order valence-corrected chi connectivity index (χ3v) is 3.09. The van der Waals surface area contributed by atoms with Gasteiger partial charge in [0.05, 0.1) is 15.9 Å². The van der Waals surface area contributed by atoms with E-state index in [9.17, 15) is 0 Å². The van der Waals surface area contributed by atoms with Gasteiger partial charge in [-0.25, -0.2) is 4.68 Å². The van der Waals surface area contributed by atoms with Crippen molar-refractivity contribution in [2.24, 2.45) is 5.73 Å². The average Bonchev–Trinajstić information content (AvgIpc) is 2.61. The molecule has 1 heterocycles. The van der Waals surface area contributed by atoms with Crippen LogP contribution in [0.3, 0.4) is 0 Å². The van der Waals surface area contributed by atoms with Crippen molar-refractivity contribution in [3.63, 3.8) is 0 Å². The van der Waals surface area contributed by atoms with Crippen LogP contribution in [-0.2, 0) is 6.42 Å². The summed E-state index contributed by atoms with van der Waals surface area (Å²) in [4.78, 5) is 0. The van der Waals surface area contributed by atoms with Gasteiger partial charge in [-0.3, -0.25) is 0 Å². The number of hydrogen-bond acceptors (Lipinski definition) is 2. The van der Waals surface area contributed by atoms with Crippen LogP contribution < -0.4 is 5.73 Å². The van der Waals surface area contributed by atoms with Crippen molar-refractivity contribution >= 4 is 27.5 Å². The zero-order chi connectivity index (χ0) is 11.5. The van der Waals surface area contributed by atoms with Gasteiger partial charge in [0.1, 0.15) is 0 Å². The molecule has 2 N–H and O–H groups in total. The lowest BCUT2D eigenvalue weighted by Gasteiger charge is -2.00. The highest BCUT2D eigenvalue weighted by Crippen LogP contribution is 2.20. The van der Waals surface area contributed by atoms with E-state index in [1.165, 1.54) is 0 Å². The van der Waals surface area contributed by atoms with Crippen molar-refractivity contribution in [1.29, 1.82) is 0 Å². The second-order valence-electron chi connectivity index (χ2n) is 3.39. The van der Waals surface area contributed by atoms with Crippen LogP contribution in [0.25, 0.3) is 5.69 Å². The minimum atomic E-state index is 0.588. The van der Waals surface area contributed by atoms with Crippen molar-refractivity contribution < 1.29 is 0 Å². The van der Waals surface area contributed by atoms with Gasteiger partial charge >= 0.3 is 0 Å². The summed E-state index contributed by atoms with van der Waals surface area (Å²) in [6.07, 6.45) is 2.67. The Labute approximate surface area is 107 Å². The number of nitrogens with two attached hydrogens (primary N) is 1. The van der Waals surface area contributed by atoms with E-state index in [0.29, 0.717) is 11.6 Å². The second-order valence-corrected chi connectivity index (χ2v) is 4.68. The van der Waals surface area contributed by atoms with E-state index in [1.807, 2.05) is 30.5 Å². The number of hydrogen-bond donors (Lipinski definition) is 1. The van der Waals surface area contributed by atoms with Crippen LogP contribution in [-0.4, -0.2) is 16.3 Å². The standard InChI is InChI=1S/C11H11BrClN3/c12-10-7-16(15-11(10)4-5-14)9-3-1-2-8(13)6-9/h1-3,6-7H,4-5,14H2. The Morgan fingerprint density at radius 1 is 1.44 bits per heavy atom. The molecule has 0 radical (unpaired) electrons. The van der Waals surface area contributed by atoms with E-state index in [4.69, 9.17) is 17.3 Å². The highest BCUT2D eigenvalue weighted by Gasteiger charge is 2.06. The Morgan fingerprint density at radius 2 is 2.25 bits per heavy atom. The monoisotopic (exact) mass is 299 g/mol. The van der Waals surface area contributed by atoms with Crippen LogP contribution in [0.1, 0.15) is 5.69 Å². The first-order valence-corrected chi connectivity index (χ1v) is 6.08. The number of halogens is 2. The Morgan fingerprint density at radius 3 is 2.94 bits per heavy atom. The maximum atomic E-state index is 5.93. The zero-order valence-electron chi connectivity index (χ0n) is 8.53. The lowest BCUT2D eigenvalue weighted by molar-refractivity contribution is 0.821. The number of nitrogens with zero attached hydrogens (tertiary/aromatic N) is 2. The molecule has 0 bridgehead atoms. The molecule has 2 rings (SSSR count). The topological polar surface area (TPSA) is 43.8 Å². The molecule has 2 aromatic rings. The van der Waals surface area contributed by atoms with E-state index in [-0.39, 0.29) is 0 Å². The fourth-order valence-electron chi connectivity index (χ4n) is 1.45. The van der Waals surface area contributed by atoms with Crippen molar-refractivity contribution in [3.05, 3.63) is 45.7 Å².